The van der Waals surface area contributed by atoms with Gasteiger partial charge in [0.05, 0.1) is 5.25 Å². The van der Waals surface area contributed by atoms with E-state index >= 15 is 0 Å². The van der Waals surface area contributed by atoms with E-state index in [0.29, 0.717) is 6.54 Å². The van der Waals surface area contributed by atoms with Crippen LogP contribution in [0.15, 0.2) is 0 Å². The Morgan fingerprint density at radius 2 is 1.76 bits per heavy atom. The van der Waals surface area contributed by atoms with Crippen LogP contribution in [0.1, 0.15) is 39.0 Å². The van der Waals surface area contributed by atoms with Crippen LogP contribution in [0.4, 0.5) is 0 Å². The number of nitrogens with one attached hydrogen (secondary N) is 1. The van der Waals surface area contributed by atoms with E-state index in [1.165, 1.54) is 0 Å². The van der Waals surface area contributed by atoms with Gasteiger partial charge in [-0.3, -0.25) is 0 Å². The Morgan fingerprint density at radius 3 is 2.24 bits per heavy atom. The smallest absolute Gasteiger partial charge is 0.217 e. The van der Waals surface area contributed by atoms with Crippen molar-refractivity contribution in [2.75, 3.05) is 19.6 Å². The summed E-state index contributed by atoms with van der Waals surface area (Å²) >= 11 is 0. The third-order valence-electron chi connectivity index (χ3n) is 3.43. The van der Waals surface area contributed by atoms with E-state index in [0.717, 1.165) is 45.2 Å². The van der Waals surface area contributed by atoms with Crippen LogP contribution >= 0.6 is 12.4 Å². The first-order chi connectivity index (χ1) is 7.66. The molecule has 4 nitrogen and oxygen atoms in total. The van der Waals surface area contributed by atoms with Crippen LogP contribution in [0.3, 0.4) is 0 Å². The number of hydrogen-bond acceptors (Lipinski definition) is 3. The van der Waals surface area contributed by atoms with Crippen LogP contribution in [0.5, 0.6) is 0 Å². The quantitative estimate of drug-likeness (QED) is 0.828. The summed E-state index contributed by atoms with van der Waals surface area (Å²) < 4.78 is 26.4. The largest absolute Gasteiger partial charge is 0.317 e. The highest BCUT2D eigenvalue weighted by Crippen LogP contribution is 2.33. The van der Waals surface area contributed by atoms with Crippen LogP contribution < -0.4 is 5.32 Å². The van der Waals surface area contributed by atoms with Crippen molar-refractivity contribution in [3.63, 3.8) is 0 Å². The van der Waals surface area contributed by atoms with Crippen molar-refractivity contribution in [1.29, 1.82) is 0 Å². The van der Waals surface area contributed by atoms with Crippen LogP contribution in [0.25, 0.3) is 0 Å². The molecule has 1 saturated carbocycles. The van der Waals surface area contributed by atoms with Gasteiger partial charge >= 0.3 is 0 Å². The Bertz CT molecular complexity index is 324. The molecule has 0 amide bonds. The first kappa shape index (κ1) is 15.2. The van der Waals surface area contributed by atoms with Gasteiger partial charge in [0.25, 0.3) is 0 Å². The van der Waals surface area contributed by atoms with E-state index in [4.69, 9.17) is 0 Å². The Balaban J connectivity index is 0.00000144. The zero-order valence-electron chi connectivity index (χ0n) is 10.4. The molecule has 0 aromatic heterocycles. The molecule has 0 bridgehead atoms. The Morgan fingerprint density at radius 1 is 1.18 bits per heavy atom. The summed E-state index contributed by atoms with van der Waals surface area (Å²) in [6, 6.07) is 0.242. The number of sulfonamides is 1. The molecule has 6 heteroatoms. The van der Waals surface area contributed by atoms with Crippen molar-refractivity contribution < 1.29 is 8.42 Å². The molecule has 1 aliphatic carbocycles. The van der Waals surface area contributed by atoms with Crippen molar-refractivity contribution in [2.24, 2.45) is 0 Å². The fourth-order valence-electron chi connectivity index (χ4n) is 2.39. The average molecular weight is 283 g/mol. The second-order valence-electron chi connectivity index (χ2n) is 4.84. The van der Waals surface area contributed by atoms with Crippen LogP contribution in [-0.4, -0.2) is 43.6 Å². The zero-order chi connectivity index (χ0) is 11.6. The molecule has 2 fully saturated rings. The molecule has 102 valence electrons. The fourth-order valence-corrected chi connectivity index (χ4v) is 4.57. The third kappa shape index (κ3) is 3.56. The molecule has 1 saturated heterocycles. The Kier molecular flexibility index (Phi) is 5.70. The lowest BCUT2D eigenvalue weighted by molar-refractivity contribution is 0.262. The summed E-state index contributed by atoms with van der Waals surface area (Å²) in [6.07, 6.45) is 4.58. The second-order valence-corrected chi connectivity index (χ2v) is 7.00. The summed E-state index contributed by atoms with van der Waals surface area (Å²) in [5.74, 6) is 0. The number of halogens is 1. The first-order valence-electron chi connectivity index (χ1n) is 6.37. The summed E-state index contributed by atoms with van der Waals surface area (Å²) in [4.78, 5) is 0. The zero-order valence-corrected chi connectivity index (χ0v) is 12.0. The average Bonchev–Trinajstić information content (AvgIpc) is 3.11. The summed E-state index contributed by atoms with van der Waals surface area (Å²) in [6.45, 7) is 4.65. The van der Waals surface area contributed by atoms with E-state index in [1.54, 1.807) is 4.31 Å². The maximum absolute atomic E-state index is 12.3. The van der Waals surface area contributed by atoms with Gasteiger partial charge in [-0.15, -0.1) is 12.4 Å². The van der Waals surface area contributed by atoms with E-state index < -0.39 is 10.0 Å². The van der Waals surface area contributed by atoms with E-state index in [2.05, 4.69) is 12.2 Å². The fraction of sp³-hybridized carbons (Fsp3) is 1.00. The first-order valence-corrected chi connectivity index (χ1v) is 7.88. The minimum atomic E-state index is -2.98. The molecule has 0 aromatic rings. The number of hydrogen-bond donors (Lipinski definition) is 1. The molecular weight excluding hydrogens is 260 g/mol. The summed E-state index contributed by atoms with van der Waals surface area (Å²) in [5, 5.41) is 3.23. The molecule has 2 aliphatic rings. The van der Waals surface area contributed by atoms with Crippen LogP contribution in [-0.2, 0) is 10.0 Å². The minimum Gasteiger partial charge on any atom is -0.317 e. The van der Waals surface area contributed by atoms with E-state index in [-0.39, 0.29) is 23.7 Å². The Labute approximate surface area is 111 Å². The van der Waals surface area contributed by atoms with Gasteiger partial charge in [0, 0.05) is 12.6 Å². The molecule has 0 atom stereocenters. The highest BCUT2D eigenvalue weighted by atomic mass is 35.5. The Hall–Kier alpha value is 0.160. The topological polar surface area (TPSA) is 49.4 Å². The maximum atomic E-state index is 12.3. The van der Waals surface area contributed by atoms with Gasteiger partial charge in [0.2, 0.25) is 10.0 Å². The molecule has 2 rings (SSSR count). The lowest BCUT2D eigenvalue weighted by Gasteiger charge is -2.33. The number of piperidine rings is 1. The third-order valence-corrected chi connectivity index (χ3v) is 5.88. The molecule has 0 unspecified atom stereocenters. The van der Waals surface area contributed by atoms with Crippen molar-refractivity contribution in [1.82, 2.24) is 9.62 Å². The summed E-state index contributed by atoms with van der Waals surface area (Å²) in [7, 11) is -2.98. The lowest BCUT2D eigenvalue weighted by Crippen LogP contribution is -2.47. The monoisotopic (exact) mass is 282 g/mol. The van der Waals surface area contributed by atoms with Gasteiger partial charge in [-0.05, 0) is 45.2 Å². The van der Waals surface area contributed by atoms with E-state index in [9.17, 15) is 8.42 Å². The molecule has 0 spiro atoms. The van der Waals surface area contributed by atoms with Crippen LogP contribution in [0, 0.1) is 0 Å². The molecule has 1 aliphatic heterocycles. The molecule has 17 heavy (non-hydrogen) atoms. The van der Waals surface area contributed by atoms with Gasteiger partial charge in [-0.25, -0.2) is 8.42 Å². The number of nitrogens with zero attached hydrogens (tertiary/aromatic N) is 1. The predicted octanol–water partition coefficient (Wildman–Crippen LogP) is 1.36. The lowest BCUT2D eigenvalue weighted by atomic mass is 10.1. The molecule has 1 heterocycles. The van der Waals surface area contributed by atoms with Crippen molar-refractivity contribution in [2.45, 2.75) is 50.3 Å². The predicted molar refractivity (Wildman–Crippen MR) is 72.1 cm³/mol. The highest BCUT2D eigenvalue weighted by Gasteiger charge is 2.42. The van der Waals surface area contributed by atoms with Gasteiger partial charge in [0.15, 0.2) is 0 Å². The van der Waals surface area contributed by atoms with Gasteiger partial charge < -0.3 is 5.32 Å². The van der Waals surface area contributed by atoms with Gasteiger partial charge in [0.1, 0.15) is 0 Å². The molecule has 0 radical (unpaired) electrons. The van der Waals surface area contributed by atoms with Crippen LogP contribution in [0.2, 0.25) is 0 Å². The normalized spacial score (nSPS) is 22.5. The standard InChI is InChI=1S/C11H22N2O2S.ClH/c1-2-9-13(10-5-7-12-8-6-10)16(14,15)11-3-4-11;/h10-12H,2-9H2,1H3;1H. The minimum absolute atomic E-state index is 0. The second kappa shape index (κ2) is 6.36. The van der Waals surface area contributed by atoms with E-state index in [1.807, 2.05) is 0 Å². The summed E-state index contributed by atoms with van der Waals surface area (Å²) in [5.41, 5.74) is 0. The van der Waals surface area contributed by atoms with Gasteiger partial charge in [-0.2, -0.15) is 4.31 Å². The molecular formula is C11H23ClN2O2S. The van der Waals surface area contributed by atoms with Gasteiger partial charge in [-0.1, -0.05) is 6.92 Å². The van der Waals surface area contributed by atoms with Crippen molar-refractivity contribution in [3.8, 4) is 0 Å². The highest BCUT2D eigenvalue weighted by molar-refractivity contribution is 7.90. The molecule has 0 aromatic carbocycles. The van der Waals surface area contributed by atoms with Crippen molar-refractivity contribution in [3.05, 3.63) is 0 Å². The SMILES string of the molecule is CCCN(C1CCNCC1)S(=O)(=O)C1CC1.Cl. The molecule has 1 N–H and O–H groups in total. The number of rotatable bonds is 5. The maximum Gasteiger partial charge on any atom is 0.217 e. The van der Waals surface area contributed by atoms with Crippen molar-refractivity contribution >= 4 is 22.4 Å².